The summed E-state index contributed by atoms with van der Waals surface area (Å²) in [7, 11) is 0. The second kappa shape index (κ2) is 26.4. The van der Waals surface area contributed by atoms with Crippen molar-refractivity contribution in [3.8, 4) is 0 Å². The molecule has 0 spiro atoms. The normalized spacial score (nSPS) is 14.7. The molecule has 2 aromatic carbocycles. The van der Waals surface area contributed by atoms with Crippen LogP contribution in [0.15, 0.2) is 54.6 Å². The molecule has 0 unspecified atom stereocenters. The van der Waals surface area contributed by atoms with Gasteiger partial charge >= 0.3 is 29.8 Å². The lowest BCUT2D eigenvalue weighted by Crippen LogP contribution is -2.47. The minimum atomic E-state index is -1.43. The maximum atomic E-state index is 13.1. The lowest BCUT2D eigenvalue weighted by atomic mass is 9.92. The molecule has 0 aliphatic rings. The van der Waals surface area contributed by atoms with E-state index in [0.717, 1.165) is 18.4 Å². The SMILES string of the molecule is C.CC(C)(N)C(=O)O.CC(C)C[C@](C)(N)C(=O)O.C[C@](N)(CCCCN)C(=O)O.C[C@](N)(Cc1ccccc1)C(=O)O.C[C@](N)(Cc1ccccc1F)C(=O)O. The Bertz CT molecular complexity index is 1480. The van der Waals surface area contributed by atoms with E-state index in [0.29, 0.717) is 37.3 Å². The molecule has 0 aromatic heterocycles. The van der Waals surface area contributed by atoms with Gasteiger partial charge in [0, 0.05) is 12.8 Å². The number of carboxylic acid groups (broad SMARTS) is 5. The van der Waals surface area contributed by atoms with Crippen molar-refractivity contribution in [1.82, 2.24) is 0 Å². The fourth-order valence-electron chi connectivity index (χ4n) is 3.89. The summed E-state index contributed by atoms with van der Waals surface area (Å²) in [5.41, 5.74) is 27.8. The van der Waals surface area contributed by atoms with Crippen LogP contribution in [-0.4, -0.2) is 89.6 Å². The predicted octanol–water partition coefficient (Wildman–Crippen LogP) is 3.40. The van der Waals surface area contributed by atoms with Crippen LogP contribution in [0.3, 0.4) is 0 Å². The monoisotopic (exact) mass is 801 g/mol. The molecule has 0 fully saturated rings. The number of aliphatic carboxylic acids is 5. The molecule has 0 bridgehead atoms. The highest BCUT2D eigenvalue weighted by molar-refractivity contribution is 5.79. The Morgan fingerprint density at radius 1 is 0.589 bits per heavy atom. The summed E-state index contributed by atoms with van der Waals surface area (Å²) in [6.45, 7) is 13.3. The van der Waals surface area contributed by atoms with E-state index < -0.39 is 63.4 Å². The lowest BCUT2D eigenvalue weighted by molar-refractivity contribution is -0.144. The number of unbranched alkanes of at least 4 members (excludes halogenated alkanes) is 1. The maximum Gasteiger partial charge on any atom is 0.323 e. The lowest BCUT2D eigenvalue weighted by Gasteiger charge is -2.20. The van der Waals surface area contributed by atoms with E-state index in [2.05, 4.69) is 0 Å². The summed E-state index contributed by atoms with van der Waals surface area (Å²) in [5, 5.41) is 42.8. The molecule has 0 radical (unpaired) electrons. The fourth-order valence-corrected chi connectivity index (χ4v) is 3.89. The summed E-state index contributed by atoms with van der Waals surface area (Å²) in [6, 6.07) is 15.4. The Morgan fingerprint density at radius 3 is 1.29 bits per heavy atom. The van der Waals surface area contributed by atoms with Crippen molar-refractivity contribution in [2.24, 2.45) is 40.3 Å². The van der Waals surface area contributed by atoms with Gasteiger partial charge in [-0.2, -0.15) is 0 Å². The summed E-state index contributed by atoms with van der Waals surface area (Å²) in [6.07, 6.45) is 2.94. The molecule has 0 saturated carbocycles. The number of halogens is 1. The Hall–Kier alpha value is -4.52. The van der Waals surface area contributed by atoms with Gasteiger partial charge in [-0.3, -0.25) is 24.0 Å². The number of carboxylic acids is 5. The molecule has 0 heterocycles. The van der Waals surface area contributed by atoms with Gasteiger partial charge in [-0.25, -0.2) is 4.39 Å². The first-order chi connectivity index (χ1) is 24.8. The third-order valence-electron chi connectivity index (χ3n) is 7.42. The molecule has 0 aliphatic carbocycles. The topological polar surface area (TPSA) is 343 Å². The Balaban J connectivity index is -0.000000306. The minimum absolute atomic E-state index is 0. The van der Waals surface area contributed by atoms with E-state index in [1.165, 1.54) is 53.7 Å². The van der Waals surface area contributed by atoms with Gasteiger partial charge in [-0.15, -0.1) is 0 Å². The fraction of sp³-hybridized carbons (Fsp3) is 0.564. The molecular weight excluding hydrogens is 731 g/mol. The van der Waals surface area contributed by atoms with Crippen molar-refractivity contribution >= 4 is 29.8 Å². The van der Waals surface area contributed by atoms with E-state index in [-0.39, 0.29) is 13.8 Å². The zero-order chi connectivity index (χ0) is 44.0. The van der Waals surface area contributed by atoms with Gasteiger partial charge in [0.1, 0.15) is 33.5 Å². The van der Waals surface area contributed by atoms with Gasteiger partial charge < -0.3 is 59.9 Å². The second-order valence-corrected chi connectivity index (χ2v) is 15.2. The van der Waals surface area contributed by atoms with Crippen LogP contribution in [0.5, 0.6) is 0 Å². The number of hydrogen-bond acceptors (Lipinski definition) is 11. The van der Waals surface area contributed by atoms with Crippen molar-refractivity contribution in [3.63, 3.8) is 0 Å². The first-order valence-electron chi connectivity index (χ1n) is 17.4. The van der Waals surface area contributed by atoms with Crippen molar-refractivity contribution in [1.29, 1.82) is 0 Å². The molecule has 2 aromatic rings. The first-order valence-corrected chi connectivity index (χ1v) is 17.4. The Labute approximate surface area is 330 Å². The smallest absolute Gasteiger partial charge is 0.323 e. The summed E-state index contributed by atoms with van der Waals surface area (Å²) >= 11 is 0. The molecule has 0 saturated heterocycles. The summed E-state index contributed by atoms with van der Waals surface area (Å²) in [5.74, 6) is -5.07. The van der Waals surface area contributed by atoms with Crippen LogP contribution in [0.1, 0.15) is 99.6 Å². The highest BCUT2D eigenvalue weighted by Gasteiger charge is 2.30. The second-order valence-electron chi connectivity index (χ2n) is 15.2. The van der Waals surface area contributed by atoms with Crippen LogP contribution in [0.2, 0.25) is 0 Å². The van der Waals surface area contributed by atoms with E-state index >= 15 is 0 Å². The van der Waals surface area contributed by atoms with Crippen LogP contribution in [-0.2, 0) is 36.8 Å². The zero-order valence-corrected chi connectivity index (χ0v) is 33.3. The highest BCUT2D eigenvalue weighted by Crippen LogP contribution is 2.15. The third kappa shape index (κ3) is 27.1. The number of nitrogens with two attached hydrogens (primary N) is 6. The molecule has 17 N–H and O–H groups in total. The van der Waals surface area contributed by atoms with Crippen LogP contribution in [0.4, 0.5) is 4.39 Å². The van der Waals surface area contributed by atoms with Gasteiger partial charge in [0.15, 0.2) is 0 Å². The van der Waals surface area contributed by atoms with Crippen molar-refractivity contribution in [2.75, 3.05) is 6.54 Å². The standard InChI is InChI=1S/C10H12FNO2.C10H13NO2.C7H16N2O2.C7H15NO2.C4H9NO2.CH4/c1-10(12,9(13)14)6-7-4-2-3-5-8(7)11;1-10(11,9(12)13)7-8-5-3-2-4-6-8;1-7(9,6(10)11)4-2-3-5-8;1-5(2)4-7(3,8)6(9)10;1-4(2,5)3(6)7;/h2-5H,6,12H2,1H3,(H,13,14);2-6H,7,11H2,1H3,(H,12,13);2-5,8-9H2,1H3,(H,10,11);5H,4,8H2,1-3H3,(H,9,10);5H2,1-2H3,(H,6,7);1H4/t2*10-;2*7-;;/m0000../s1. The number of carbonyl (C=O) groups is 5. The molecule has 56 heavy (non-hydrogen) atoms. The average molecular weight is 801 g/mol. The quantitative estimate of drug-likeness (QED) is 0.115. The van der Waals surface area contributed by atoms with Crippen LogP contribution < -0.4 is 34.4 Å². The average Bonchev–Trinajstić information content (AvgIpc) is 3.02. The number of hydrogen-bond donors (Lipinski definition) is 11. The van der Waals surface area contributed by atoms with Crippen LogP contribution in [0.25, 0.3) is 0 Å². The number of rotatable bonds is 15. The van der Waals surface area contributed by atoms with E-state index in [4.69, 9.17) is 59.9 Å². The Morgan fingerprint density at radius 2 is 0.964 bits per heavy atom. The highest BCUT2D eigenvalue weighted by atomic mass is 19.1. The molecular formula is C39H69FN6O10. The van der Waals surface area contributed by atoms with Gasteiger partial charge in [-0.1, -0.05) is 69.8 Å². The molecule has 2 rings (SSSR count). The van der Waals surface area contributed by atoms with Gasteiger partial charge in [0.05, 0.1) is 0 Å². The van der Waals surface area contributed by atoms with Crippen LogP contribution >= 0.6 is 0 Å². The molecule has 0 aliphatic heterocycles. The van der Waals surface area contributed by atoms with E-state index in [1.807, 2.05) is 44.2 Å². The van der Waals surface area contributed by atoms with Crippen molar-refractivity contribution in [3.05, 3.63) is 71.5 Å². The predicted molar refractivity (Wildman–Crippen MR) is 216 cm³/mol. The molecule has 16 nitrogen and oxygen atoms in total. The largest absolute Gasteiger partial charge is 0.480 e. The molecule has 322 valence electrons. The zero-order valence-electron chi connectivity index (χ0n) is 33.3. The Kier molecular flexibility index (Phi) is 27.4. The van der Waals surface area contributed by atoms with Crippen LogP contribution in [0, 0.1) is 11.7 Å². The molecule has 17 heteroatoms. The maximum absolute atomic E-state index is 13.1. The summed E-state index contributed by atoms with van der Waals surface area (Å²) < 4.78 is 13.1. The minimum Gasteiger partial charge on any atom is -0.480 e. The summed E-state index contributed by atoms with van der Waals surface area (Å²) in [4.78, 5) is 52.2. The van der Waals surface area contributed by atoms with Gasteiger partial charge in [0.25, 0.3) is 0 Å². The van der Waals surface area contributed by atoms with E-state index in [9.17, 15) is 28.4 Å². The van der Waals surface area contributed by atoms with E-state index in [1.54, 1.807) is 12.1 Å². The number of benzene rings is 2. The third-order valence-corrected chi connectivity index (χ3v) is 7.42. The molecule has 0 amide bonds. The van der Waals surface area contributed by atoms with Gasteiger partial charge in [-0.05, 0) is 96.9 Å². The van der Waals surface area contributed by atoms with Crippen molar-refractivity contribution < 1.29 is 53.9 Å². The molecule has 4 atom stereocenters. The van der Waals surface area contributed by atoms with Gasteiger partial charge in [0.2, 0.25) is 0 Å². The first kappa shape index (κ1) is 58.2. The van der Waals surface area contributed by atoms with Crippen molar-refractivity contribution in [2.45, 2.75) is 129 Å².